The predicted octanol–water partition coefficient (Wildman–Crippen LogP) is 4.35. The van der Waals surface area contributed by atoms with Crippen LogP contribution in [0, 0.1) is 5.92 Å². The number of unbranched alkanes of at least 4 members (excludes halogenated alkanes) is 3. The molecule has 1 aromatic carbocycles. The van der Waals surface area contributed by atoms with Crippen LogP contribution in [-0.4, -0.2) is 61.0 Å². The van der Waals surface area contributed by atoms with E-state index >= 15 is 0 Å². The van der Waals surface area contributed by atoms with Crippen molar-refractivity contribution in [2.24, 2.45) is 5.92 Å². The Morgan fingerprint density at radius 2 is 1.77 bits per heavy atom. The molecule has 1 rings (SSSR count). The minimum Gasteiger partial charge on any atom is -0.492 e. The molecule has 31 heavy (non-hydrogen) atoms. The Kier molecular flexibility index (Phi) is 13.4. The number of carboxylic acid groups (broad SMARTS) is 1. The quantitative estimate of drug-likeness (QED) is 0.376. The van der Waals surface area contributed by atoms with Gasteiger partial charge in [0.05, 0.1) is 6.54 Å². The molecule has 1 aromatic rings. The van der Waals surface area contributed by atoms with Crippen molar-refractivity contribution in [2.75, 3.05) is 32.8 Å². The molecule has 176 valence electrons. The van der Waals surface area contributed by atoms with Crippen LogP contribution in [0.25, 0.3) is 0 Å². The molecule has 0 aliphatic carbocycles. The highest BCUT2D eigenvalue weighted by atomic mass is 16.5. The average Bonchev–Trinajstić information content (AvgIpc) is 2.74. The number of ether oxygens (including phenoxy) is 2. The number of carbonyl (C=O) groups is 2. The SMILES string of the molecule is CCCCCCN(CCOc1ccc(CC(OCC)C(=O)O)cc1)C(=O)NCC(C)C. The molecule has 2 N–H and O–H groups in total. The summed E-state index contributed by atoms with van der Waals surface area (Å²) in [6.07, 6.45) is 3.91. The Morgan fingerprint density at radius 1 is 1.06 bits per heavy atom. The van der Waals surface area contributed by atoms with Gasteiger partial charge in [0, 0.05) is 26.1 Å². The lowest BCUT2D eigenvalue weighted by atomic mass is 10.1. The van der Waals surface area contributed by atoms with E-state index in [4.69, 9.17) is 9.47 Å². The standard InChI is InChI=1S/C24H40N2O5/c1-5-7-8-9-14-26(24(29)25-18-19(3)4)15-16-31-21-12-10-20(11-13-21)17-22(23(27)28)30-6-2/h10-13,19,22H,5-9,14-18H2,1-4H3,(H,25,29)(H,27,28). The molecular weight excluding hydrogens is 396 g/mol. The summed E-state index contributed by atoms with van der Waals surface area (Å²) in [7, 11) is 0. The molecule has 0 fully saturated rings. The highest BCUT2D eigenvalue weighted by molar-refractivity contribution is 5.74. The van der Waals surface area contributed by atoms with Crippen LogP contribution in [0.2, 0.25) is 0 Å². The third-order valence-corrected chi connectivity index (χ3v) is 4.85. The first kappa shape index (κ1) is 26.8. The maximum atomic E-state index is 12.5. The van der Waals surface area contributed by atoms with Gasteiger partial charge in [0.1, 0.15) is 12.4 Å². The zero-order valence-electron chi connectivity index (χ0n) is 19.6. The highest BCUT2D eigenvalue weighted by Gasteiger charge is 2.18. The molecule has 0 spiro atoms. The minimum atomic E-state index is -0.961. The third-order valence-electron chi connectivity index (χ3n) is 4.85. The normalized spacial score (nSPS) is 11.9. The Hall–Kier alpha value is -2.28. The smallest absolute Gasteiger partial charge is 0.333 e. The van der Waals surface area contributed by atoms with E-state index in [1.54, 1.807) is 6.92 Å². The summed E-state index contributed by atoms with van der Waals surface area (Å²) < 4.78 is 11.1. The number of benzene rings is 1. The minimum absolute atomic E-state index is 0.0419. The summed E-state index contributed by atoms with van der Waals surface area (Å²) in [5.74, 6) is 0.140. The number of carbonyl (C=O) groups excluding carboxylic acids is 1. The first-order valence-electron chi connectivity index (χ1n) is 11.5. The second-order valence-electron chi connectivity index (χ2n) is 8.11. The molecule has 0 aromatic heterocycles. The van der Waals surface area contributed by atoms with E-state index in [0.717, 1.165) is 31.4 Å². The predicted molar refractivity (Wildman–Crippen MR) is 123 cm³/mol. The lowest BCUT2D eigenvalue weighted by molar-refractivity contribution is -0.149. The number of hydrogen-bond donors (Lipinski definition) is 2. The first-order valence-corrected chi connectivity index (χ1v) is 11.5. The van der Waals surface area contributed by atoms with Crippen LogP contribution in [0.5, 0.6) is 5.75 Å². The average molecular weight is 437 g/mol. The van der Waals surface area contributed by atoms with Crippen LogP contribution >= 0.6 is 0 Å². The van der Waals surface area contributed by atoms with Gasteiger partial charge in [-0.25, -0.2) is 9.59 Å². The van der Waals surface area contributed by atoms with Crippen molar-refractivity contribution in [1.82, 2.24) is 10.2 Å². The Morgan fingerprint density at radius 3 is 2.35 bits per heavy atom. The highest BCUT2D eigenvalue weighted by Crippen LogP contribution is 2.15. The van der Waals surface area contributed by atoms with E-state index in [0.29, 0.717) is 44.4 Å². The number of urea groups is 1. The molecule has 7 heteroatoms. The maximum absolute atomic E-state index is 12.5. The summed E-state index contributed by atoms with van der Waals surface area (Å²) in [6.45, 7) is 10.8. The molecule has 0 radical (unpaired) electrons. The molecule has 0 saturated carbocycles. The molecular formula is C24H40N2O5. The fourth-order valence-electron chi connectivity index (χ4n) is 3.08. The third kappa shape index (κ3) is 11.6. The number of rotatable bonds is 16. The van der Waals surface area contributed by atoms with Gasteiger partial charge in [-0.3, -0.25) is 0 Å². The first-order chi connectivity index (χ1) is 14.9. The number of nitrogens with one attached hydrogen (secondary N) is 1. The van der Waals surface area contributed by atoms with Crippen molar-refractivity contribution in [1.29, 1.82) is 0 Å². The van der Waals surface area contributed by atoms with Gasteiger partial charge in [-0.15, -0.1) is 0 Å². The van der Waals surface area contributed by atoms with Crippen LogP contribution in [0.4, 0.5) is 4.79 Å². The van der Waals surface area contributed by atoms with Crippen LogP contribution in [-0.2, 0) is 16.0 Å². The Balaban J connectivity index is 2.54. The lowest BCUT2D eigenvalue weighted by Gasteiger charge is -2.24. The van der Waals surface area contributed by atoms with Gasteiger partial charge in [0.2, 0.25) is 0 Å². The van der Waals surface area contributed by atoms with Gasteiger partial charge in [-0.2, -0.15) is 0 Å². The van der Waals surface area contributed by atoms with E-state index in [1.807, 2.05) is 29.2 Å². The van der Waals surface area contributed by atoms with Crippen LogP contribution in [0.15, 0.2) is 24.3 Å². The van der Waals surface area contributed by atoms with Gasteiger partial charge in [-0.05, 0) is 37.0 Å². The maximum Gasteiger partial charge on any atom is 0.333 e. The van der Waals surface area contributed by atoms with Gasteiger partial charge >= 0.3 is 12.0 Å². The van der Waals surface area contributed by atoms with Crippen molar-refractivity contribution in [2.45, 2.75) is 65.9 Å². The second-order valence-corrected chi connectivity index (χ2v) is 8.11. The molecule has 0 aliphatic heterocycles. The van der Waals surface area contributed by atoms with Crippen molar-refractivity contribution >= 4 is 12.0 Å². The zero-order chi connectivity index (χ0) is 23.1. The fourth-order valence-corrected chi connectivity index (χ4v) is 3.08. The monoisotopic (exact) mass is 436 g/mol. The van der Waals surface area contributed by atoms with Crippen molar-refractivity contribution in [3.05, 3.63) is 29.8 Å². The Bertz CT molecular complexity index is 633. The van der Waals surface area contributed by atoms with E-state index in [9.17, 15) is 14.7 Å². The number of nitrogens with zero attached hydrogens (tertiary/aromatic N) is 1. The topological polar surface area (TPSA) is 88.1 Å². The number of amides is 2. The van der Waals surface area contributed by atoms with Crippen LogP contribution in [0.3, 0.4) is 0 Å². The molecule has 1 atom stereocenters. The molecule has 1 unspecified atom stereocenters. The fraction of sp³-hybridized carbons (Fsp3) is 0.667. The number of aliphatic carboxylic acids is 1. The molecule has 0 saturated heterocycles. The van der Waals surface area contributed by atoms with E-state index in [-0.39, 0.29) is 6.03 Å². The summed E-state index contributed by atoms with van der Waals surface area (Å²) in [5.41, 5.74) is 0.874. The summed E-state index contributed by atoms with van der Waals surface area (Å²) in [5, 5.41) is 12.2. The van der Waals surface area contributed by atoms with Crippen molar-refractivity contribution < 1.29 is 24.2 Å². The van der Waals surface area contributed by atoms with E-state index in [2.05, 4.69) is 26.1 Å². The summed E-state index contributed by atoms with van der Waals surface area (Å²) in [4.78, 5) is 25.6. The van der Waals surface area contributed by atoms with Gasteiger partial charge in [0.25, 0.3) is 0 Å². The van der Waals surface area contributed by atoms with E-state index in [1.165, 1.54) is 6.42 Å². The number of carboxylic acids is 1. The summed E-state index contributed by atoms with van der Waals surface area (Å²) in [6, 6.07) is 7.30. The van der Waals surface area contributed by atoms with Gasteiger partial charge in [0.15, 0.2) is 6.10 Å². The molecule has 2 amide bonds. The van der Waals surface area contributed by atoms with E-state index < -0.39 is 12.1 Å². The zero-order valence-corrected chi connectivity index (χ0v) is 19.6. The molecule has 0 bridgehead atoms. The van der Waals surface area contributed by atoms with Crippen LogP contribution < -0.4 is 10.1 Å². The Labute approximate surface area is 187 Å². The second kappa shape index (κ2) is 15.5. The summed E-state index contributed by atoms with van der Waals surface area (Å²) >= 11 is 0. The van der Waals surface area contributed by atoms with Crippen LogP contribution in [0.1, 0.15) is 58.9 Å². The largest absolute Gasteiger partial charge is 0.492 e. The van der Waals surface area contributed by atoms with Crippen molar-refractivity contribution in [3.8, 4) is 5.75 Å². The lowest BCUT2D eigenvalue weighted by Crippen LogP contribution is -2.43. The van der Waals surface area contributed by atoms with Gasteiger partial charge in [-0.1, -0.05) is 52.2 Å². The molecule has 7 nitrogen and oxygen atoms in total. The molecule has 0 heterocycles. The van der Waals surface area contributed by atoms with Crippen molar-refractivity contribution in [3.63, 3.8) is 0 Å². The molecule has 0 aliphatic rings. The van der Waals surface area contributed by atoms with Gasteiger partial charge < -0.3 is 24.8 Å². The number of hydrogen-bond acceptors (Lipinski definition) is 4.